The molecule has 6 N–H and O–H groups in total. The summed E-state index contributed by atoms with van der Waals surface area (Å²) in [6, 6.07) is 23.1. The third-order valence-corrected chi connectivity index (χ3v) is 7.81. The van der Waals surface area contributed by atoms with Gasteiger partial charge >= 0.3 is 6.18 Å². The predicted molar refractivity (Wildman–Crippen MR) is 191 cm³/mol. The van der Waals surface area contributed by atoms with Crippen LogP contribution in [0, 0.1) is 0 Å². The number of halogens is 3. The molecule has 0 aliphatic carbocycles. The summed E-state index contributed by atoms with van der Waals surface area (Å²) in [5, 5.41) is 5.81. The molecule has 0 saturated heterocycles. The Hall–Kier alpha value is -5.40. The lowest BCUT2D eigenvalue weighted by Crippen LogP contribution is -2.35. The van der Waals surface area contributed by atoms with Gasteiger partial charge in [-0.05, 0) is 98.6 Å². The molecule has 1 heterocycles. The Morgan fingerprint density at radius 2 is 1.63 bits per heavy atom. The summed E-state index contributed by atoms with van der Waals surface area (Å²) >= 11 is 0. The molecule has 13 heteroatoms. The average Bonchev–Trinajstić information content (AvgIpc) is 3.50. The molecule has 4 aromatic carbocycles. The summed E-state index contributed by atoms with van der Waals surface area (Å²) in [7, 11) is 1.58. The Morgan fingerprint density at radius 1 is 0.922 bits per heavy atom. The molecule has 2 amide bonds. The van der Waals surface area contributed by atoms with Crippen LogP contribution in [0.1, 0.15) is 61.1 Å². The first-order valence-corrected chi connectivity index (χ1v) is 16.6. The Bertz CT molecular complexity index is 1930. The van der Waals surface area contributed by atoms with E-state index in [0.717, 1.165) is 12.1 Å². The number of benzene rings is 4. The van der Waals surface area contributed by atoms with Crippen LogP contribution < -0.4 is 31.6 Å². The number of amides is 2. The Balaban J connectivity index is 0.00000286. The van der Waals surface area contributed by atoms with E-state index in [2.05, 4.69) is 10.6 Å². The number of fused-ring (bicyclic) bond motifs is 1. The topological polar surface area (TPSA) is 147 Å². The maximum absolute atomic E-state index is 13.2. The minimum atomic E-state index is -4.50. The minimum absolute atomic E-state index is 0.110. The maximum Gasteiger partial charge on any atom is 0.416 e. The van der Waals surface area contributed by atoms with Crippen LogP contribution in [0.5, 0.6) is 17.2 Å². The number of primary amides is 1. The molecule has 0 saturated carbocycles. The Labute approximate surface area is 294 Å². The first-order chi connectivity index (χ1) is 24.4. The van der Waals surface area contributed by atoms with Gasteiger partial charge < -0.3 is 36.1 Å². The van der Waals surface area contributed by atoms with Gasteiger partial charge in [0.15, 0.2) is 0 Å². The van der Waals surface area contributed by atoms with Crippen molar-refractivity contribution in [2.75, 3.05) is 13.7 Å². The number of methoxy groups -OCH3 is 1. The summed E-state index contributed by atoms with van der Waals surface area (Å²) in [5.41, 5.74) is 13.2. The van der Waals surface area contributed by atoms with Crippen molar-refractivity contribution in [3.8, 4) is 28.6 Å². The van der Waals surface area contributed by atoms with Gasteiger partial charge in [-0.25, -0.2) is 4.98 Å². The van der Waals surface area contributed by atoms with Gasteiger partial charge in [0.1, 0.15) is 29.1 Å². The number of rotatable bonds is 14. The molecule has 10 nitrogen and oxygen atoms in total. The van der Waals surface area contributed by atoms with Gasteiger partial charge in [0.05, 0.1) is 29.9 Å². The molecule has 270 valence electrons. The Morgan fingerprint density at radius 3 is 2.29 bits per heavy atom. The van der Waals surface area contributed by atoms with Gasteiger partial charge in [-0.15, -0.1) is 0 Å². The highest BCUT2D eigenvalue weighted by molar-refractivity contribution is 5.98. The quantitative estimate of drug-likeness (QED) is 0.0708. The van der Waals surface area contributed by atoms with E-state index >= 15 is 0 Å². The number of nitrogens with zero attached hydrogens (tertiary/aromatic N) is 2. The standard InChI is InChI=1S/C36H37F3N6O4.C2H6/c1-22(40)42-17-5-10-32(33(41)46)45-31-16-11-25(35(47)43-21-23-6-3-8-26(18-23)36(37,38)39)20-30(31)44-34(45)24-7-4-9-29(19-24)49-28-14-12-27(48-2)13-15-28;1-2/h3-4,6-9,11-16,18-20,22,32,42H,5,10,17,21,40H2,1-2H3,(H2,41,46)(H,43,47);1-2H3/t22?,32-;/m1./s1. The van der Waals surface area contributed by atoms with Crippen molar-refractivity contribution in [3.05, 3.63) is 108 Å². The number of ether oxygens (including phenoxy) is 2. The fourth-order valence-electron chi connectivity index (χ4n) is 5.40. The van der Waals surface area contributed by atoms with Crippen LogP contribution in [0.15, 0.2) is 91.0 Å². The van der Waals surface area contributed by atoms with Crippen molar-refractivity contribution in [1.29, 1.82) is 0 Å². The molecule has 1 unspecified atom stereocenters. The number of nitrogens with two attached hydrogens (primary N) is 2. The van der Waals surface area contributed by atoms with Crippen molar-refractivity contribution in [2.45, 2.75) is 58.5 Å². The Kier molecular flexibility index (Phi) is 13.2. The number of hydrogen-bond donors (Lipinski definition) is 4. The molecular formula is C38H43F3N6O4. The molecule has 2 atom stereocenters. The highest BCUT2D eigenvalue weighted by Gasteiger charge is 2.30. The molecule has 0 spiro atoms. The van der Waals surface area contributed by atoms with Crippen LogP contribution in [0.3, 0.4) is 0 Å². The lowest BCUT2D eigenvalue weighted by atomic mass is 10.1. The van der Waals surface area contributed by atoms with Crippen LogP contribution in [-0.4, -0.2) is 41.2 Å². The van der Waals surface area contributed by atoms with Gasteiger partial charge in [-0.1, -0.05) is 38.1 Å². The van der Waals surface area contributed by atoms with Crippen molar-refractivity contribution in [3.63, 3.8) is 0 Å². The van der Waals surface area contributed by atoms with Crippen molar-refractivity contribution in [1.82, 2.24) is 20.2 Å². The van der Waals surface area contributed by atoms with E-state index in [9.17, 15) is 22.8 Å². The van der Waals surface area contributed by atoms with Crippen LogP contribution >= 0.6 is 0 Å². The SMILES string of the molecule is CC.COc1ccc(Oc2cccc(-c3nc4cc(C(=O)NCc5cccc(C(F)(F)F)c5)ccc4n3[C@H](CCCNC(C)N)C(N)=O)c2)cc1. The molecule has 0 fully saturated rings. The fraction of sp³-hybridized carbons (Fsp3) is 0.289. The number of alkyl halides is 3. The fourth-order valence-corrected chi connectivity index (χ4v) is 5.40. The average molecular weight is 705 g/mol. The van der Waals surface area contributed by atoms with Gasteiger partial charge in [-0.3, -0.25) is 9.59 Å². The molecular weight excluding hydrogens is 661 g/mol. The van der Waals surface area contributed by atoms with Crippen LogP contribution in [0.25, 0.3) is 22.4 Å². The van der Waals surface area contributed by atoms with Gasteiger partial charge in [-0.2, -0.15) is 13.2 Å². The molecule has 0 radical (unpaired) electrons. The monoisotopic (exact) mass is 704 g/mol. The van der Waals surface area contributed by atoms with Gasteiger partial charge in [0.2, 0.25) is 5.91 Å². The lowest BCUT2D eigenvalue weighted by Gasteiger charge is -2.20. The first kappa shape index (κ1) is 38.4. The van der Waals surface area contributed by atoms with Crippen molar-refractivity contribution in [2.24, 2.45) is 11.5 Å². The van der Waals surface area contributed by atoms with E-state index in [1.54, 1.807) is 72.3 Å². The molecule has 0 aliphatic rings. The number of aromatic nitrogens is 2. The lowest BCUT2D eigenvalue weighted by molar-refractivity contribution is -0.137. The van der Waals surface area contributed by atoms with E-state index in [1.165, 1.54) is 12.1 Å². The number of nitrogens with one attached hydrogen (secondary N) is 2. The number of hydrogen-bond acceptors (Lipinski definition) is 7. The van der Waals surface area contributed by atoms with Crippen LogP contribution in [0.2, 0.25) is 0 Å². The molecule has 0 aliphatic heterocycles. The summed E-state index contributed by atoms with van der Waals surface area (Å²) in [6.07, 6.45) is -3.74. The van der Waals surface area contributed by atoms with Crippen LogP contribution in [-0.2, 0) is 17.5 Å². The number of carbonyl (C=O) groups excluding carboxylic acids is 2. The van der Waals surface area contributed by atoms with E-state index < -0.39 is 29.6 Å². The summed E-state index contributed by atoms with van der Waals surface area (Å²) < 4.78 is 52.6. The highest BCUT2D eigenvalue weighted by Crippen LogP contribution is 2.34. The third kappa shape index (κ3) is 10.1. The maximum atomic E-state index is 13.2. The van der Waals surface area contributed by atoms with Gasteiger partial charge in [0.25, 0.3) is 5.91 Å². The summed E-state index contributed by atoms with van der Waals surface area (Å²) in [5.74, 6) is 1.16. The second-order valence-corrected chi connectivity index (χ2v) is 11.5. The summed E-state index contributed by atoms with van der Waals surface area (Å²) in [4.78, 5) is 31.0. The minimum Gasteiger partial charge on any atom is -0.497 e. The zero-order chi connectivity index (χ0) is 37.1. The first-order valence-electron chi connectivity index (χ1n) is 16.6. The van der Waals surface area contributed by atoms with E-state index in [1.807, 2.05) is 26.8 Å². The molecule has 0 bridgehead atoms. The third-order valence-electron chi connectivity index (χ3n) is 7.81. The number of imidazole rings is 1. The molecule has 5 aromatic rings. The largest absolute Gasteiger partial charge is 0.497 e. The van der Waals surface area contributed by atoms with Gasteiger partial charge in [0, 0.05) is 17.7 Å². The van der Waals surface area contributed by atoms with E-state index in [4.69, 9.17) is 25.9 Å². The van der Waals surface area contributed by atoms with Crippen molar-refractivity contribution >= 4 is 22.8 Å². The van der Waals surface area contributed by atoms with Crippen LogP contribution in [0.4, 0.5) is 13.2 Å². The smallest absolute Gasteiger partial charge is 0.416 e. The molecule has 5 rings (SSSR count). The molecule has 1 aromatic heterocycles. The predicted octanol–water partition coefficient (Wildman–Crippen LogP) is 7.18. The highest BCUT2D eigenvalue weighted by atomic mass is 19.4. The van der Waals surface area contributed by atoms with Crippen molar-refractivity contribution < 1.29 is 32.2 Å². The zero-order valence-electron chi connectivity index (χ0n) is 29.0. The zero-order valence-corrected chi connectivity index (χ0v) is 29.0. The second kappa shape index (κ2) is 17.5. The van der Waals surface area contributed by atoms with E-state index in [-0.39, 0.29) is 18.3 Å². The second-order valence-electron chi connectivity index (χ2n) is 11.5. The summed E-state index contributed by atoms with van der Waals surface area (Å²) in [6.45, 7) is 6.27. The van der Waals surface area contributed by atoms with E-state index in [0.29, 0.717) is 64.6 Å². The normalized spacial score (nSPS) is 12.4. The number of carbonyl (C=O) groups is 2. The molecule has 51 heavy (non-hydrogen) atoms.